The average Bonchev–Trinajstić information content (AvgIpc) is 3.00. The normalized spacial score (nSPS) is 15.1. The van der Waals surface area contributed by atoms with Crippen molar-refractivity contribution in [3.8, 4) is 0 Å². The lowest BCUT2D eigenvalue weighted by Gasteiger charge is -2.31. The number of benzene rings is 1. The van der Waals surface area contributed by atoms with E-state index in [1.807, 2.05) is 38.0 Å². The van der Waals surface area contributed by atoms with Crippen molar-refractivity contribution >= 4 is 23.2 Å². The maximum atomic E-state index is 6.10. The van der Waals surface area contributed by atoms with Crippen LogP contribution in [0.1, 0.15) is 11.3 Å². The molecule has 0 bridgehead atoms. The topological polar surface area (TPSA) is 45.0 Å². The van der Waals surface area contributed by atoms with Gasteiger partial charge in [-0.3, -0.25) is 4.99 Å². The van der Waals surface area contributed by atoms with E-state index in [0.29, 0.717) is 0 Å². The number of aliphatic imine (C=N–C) groups is 1. The number of anilines is 1. The van der Waals surface area contributed by atoms with Crippen molar-refractivity contribution in [3.05, 3.63) is 52.8 Å². The van der Waals surface area contributed by atoms with Gasteiger partial charge in [0.25, 0.3) is 0 Å². The number of hydrogen-bond donors (Lipinski definition) is 1. The van der Waals surface area contributed by atoms with Crippen LogP contribution in [0.3, 0.4) is 0 Å². The van der Waals surface area contributed by atoms with E-state index in [2.05, 4.69) is 44.4 Å². The van der Waals surface area contributed by atoms with Crippen LogP contribution in [0.2, 0.25) is 5.02 Å². The summed E-state index contributed by atoms with van der Waals surface area (Å²) in [6.07, 6.45) is 1.92. The molecule has 27 heavy (non-hydrogen) atoms. The highest BCUT2D eigenvalue weighted by Gasteiger charge is 2.15. The van der Waals surface area contributed by atoms with Crippen molar-refractivity contribution < 1.29 is 4.74 Å². The number of hydrogen-bond acceptors (Lipinski definition) is 3. The Morgan fingerprint density at radius 2 is 2.04 bits per heavy atom. The molecular weight excluding hydrogens is 362 g/mol. The summed E-state index contributed by atoms with van der Waals surface area (Å²) in [6, 6.07) is 10.5. The molecule has 0 aliphatic carbocycles. The number of morpholine rings is 1. The van der Waals surface area contributed by atoms with Gasteiger partial charge in [-0.15, -0.1) is 0 Å². The first-order valence-electron chi connectivity index (χ1n) is 9.21. The summed E-state index contributed by atoms with van der Waals surface area (Å²) in [7, 11) is 5.85. The molecule has 2 heterocycles. The van der Waals surface area contributed by atoms with Gasteiger partial charge in [0.1, 0.15) is 0 Å². The molecule has 2 aromatic rings. The predicted molar refractivity (Wildman–Crippen MR) is 112 cm³/mol. The van der Waals surface area contributed by atoms with Crippen molar-refractivity contribution in [2.45, 2.75) is 13.1 Å². The number of guanidine groups is 1. The Labute approximate surface area is 166 Å². The SMILES string of the molecule is CN=C(NCc1ccccc1N1CCOCC1)N(C)Cc1cc(Cl)cn1C. The first kappa shape index (κ1) is 19.6. The Hall–Kier alpha value is -2.18. The lowest BCUT2D eigenvalue weighted by molar-refractivity contribution is 0.122. The Morgan fingerprint density at radius 3 is 2.70 bits per heavy atom. The average molecular weight is 390 g/mol. The minimum absolute atomic E-state index is 0.721. The molecule has 146 valence electrons. The van der Waals surface area contributed by atoms with E-state index in [-0.39, 0.29) is 0 Å². The van der Waals surface area contributed by atoms with Crippen LogP contribution in [0, 0.1) is 0 Å². The number of aryl methyl sites for hydroxylation is 1. The number of halogens is 1. The molecule has 3 rings (SSSR count). The largest absolute Gasteiger partial charge is 0.378 e. The Bertz CT molecular complexity index is 782. The Balaban J connectivity index is 1.65. The van der Waals surface area contributed by atoms with Crippen molar-refractivity contribution in [3.63, 3.8) is 0 Å². The fourth-order valence-electron chi connectivity index (χ4n) is 3.37. The van der Waals surface area contributed by atoms with Gasteiger partial charge in [0.2, 0.25) is 0 Å². The van der Waals surface area contributed by atoms with E-state index in [1.54, 1.807) is 0 Å². The van der Waals surface area contributed by atoms with E-state index in [1.165, 1.54) is 11.3 Å². The molecular formula is C20H28ClN5O. The fraction of sp³-hybridized carbons (Fsp3) is 0.450. The van der Waals surface area contributed by atoms with Gasteiger partial charge in [0, 0.05) is 58.4 Å². The van der Waals surface area contributed by atoms with Crippen LogP contribution in [-0.4, -0.2) is 55.8 Å². The predicted octanol–water partition coefficient (Wildman–Crippen LogP) is 2.72. The lowest BCUT2D eigenvalue weighted by atomic mass is 10.1. The quantitative estimate of drug-likeness (QED) is 0.631. The number of para-hydroxylation sites is 1. The number of nitrogens with one attached hydrogen (secondary N) is 1. The van der Waals surface area contributed by atoms with Gasteiger partial charge in [-0.2, -0.15) is 0 Å². The van der Waals surface area contributed by atoms with Crippen LogP contribution in [0.5, 0.6) is 0 Å². The third kappa shape index (κ3) is 4.96. The van der Waals surface area contributed by atoms with Crippen LogP contribution < -0.4 is 10.2 Å². The minimum atomic E-state index is 0.721. The van der Waals surface area contributed by atoms with Gasteiger partial charge < -0.3 is 24.4 Å². The molecule has 1 saturated heterocycles. The molecule has 0 unspecified atom stereocenters. The second-order valence-electron chi connectivity index (χ2n) is 6.75. The highest BCUT2D eigenvalue weighted by Crippen LogP contribution is 2.21. The fourth-order valence-corrected chi connectivity index (χ4v) is 3.65. The van der Waals surface area contributed by atoms with E-state index < -0.39 is 0 Å². The second-order valence-corrected chi connectivity index (χ2v) is 7.18. The van der Waals surface area contributed by atoms with Gasteiger partial charge in [0.05, 0.1) is 24.8 Å². The third-order valence-electron chi connectivity index (χ3n) is 4.83. The zero-order valence-electron chi connectivity index (χ0n) is 16.3. The van der Waals surface area contributed by atoms with Crippen molar-refractivity contribution in [1.29, 1.82) is 0 Å². The number of ether oxygens (including phenoxy) is 1. The molecule has 1 fully saturated rings. The summed E-state index contributed by atoms with van der Waals surface area (Å²) in [5.74, 6) is 0.851. The number of aromatic nitrogens is 1. The summed E-state index contributed by atoms with van der Waals surface area (Å²) >= 11 is 6.10. The third-order valence-corrected chi connectivity index (χ3v) is 5.03. The van der Waals surface area contributed by atoms with Crippen LogP contribution >= 0.6 is 11.6 Å². The van der Waals surface area contributed by atoms with Crippen molar-refractivity contribution in [1.82, 2.24) is 14.8 Å². The van der Waals surface area contributed by atoms with Crippen molar-refractivity contribution in [2.24, 2.45) is 12.0 Å². The lowest BCUT2D eigenvalue weighted by Crippen LogP contribution is -2.39. The highest BCUT2D eigenvalue weighted by molar-refractivity contribution is 6.30. The summed E-state index contributed by atoms with van der Waals surface area (Å²) in [4.78, 5) is 8.92. The summed E-state index contributed by atoms with van der Waals surface area (Å²) < 4.78 is 7.52. The van der Waals surface area contributed by atoms with E-state index in [9.17, 15) is 0 Å². The summed E-state index contributed by atoms with van der Waals surface area (Å²) in [5, 5.41) is 4.24. The molecule has 1 aromatic carbocycles. The standard InChI is InChI=1S/C20H28ClN5O/c1-22-20(25(3)15-18-12-17(21)14-24(18)2)23-13-16-6-4-5-7-19(16)26-8-10-27-11-9-26/h4-7,12,14H,8-11,13,15H2,1-3H3,(H,22,23). The van der Waals surface area contributed by atoms with Gasteiger partial charge in [-0.05, 0) is 17.7 Å². The van der Waals surface area contributed by atoms with Crippen LogP contribution in [-0.2, 0) is 24.9 Å². The van der Waals surface area contributed by atoms with E-state index in [0.717, 1.165) is 56.1 Å². The molecule has 0 amide bonds. The van der Waals surface area contributed by atoms with Gasteiger partial charge in [-0.1, -0.05) is 29.8 Å². The zero-order valence-corrected chi connectivity index (χ0v) is 17.0. The molecule has 6 nitrogen and oxygen atoms in total. The number of rotatable bonds is 5. The first-order chi connectivity index (χ1) is 13.1. The maximum Gasteiger partial charge on any atom is 0.194 e. The molecule has 0 radical (unpaired) electrons. The highest BCUT2D eigenvalue weighted by atomic mass is 35.5. The molecule has 0 spiro atoms. The number of nitrogens with zero attached hydrogens (tertiary/aromatic N) is 4. The summed E-state index contributed by atoms with van der Waals surface area (Å²) in [5.41, 5.74) is 3.66. The monoisotopic (exact) mass is 389 g/mol. The van der Waals surface area contributed by atoms with Crippen LogP contribution in [0.25, 0.3) is 0 Å². The zero-order chi connectivity index (χ0) is 19.2. The molecule has 1 aliphatic heterocycles. The molecule has 7 heteroatoms. The maximum absolute atomic E-state index is 6.10. The van der Waals surface area contributed by atoms with E-state index in [4.69, 9.17) is 16.3 Å². The first-order valence-corrected chi connectivity index (χ1v) is 9.59. The van der Waals surface area contributed by atoms with Crippen molar-refractivity contribution in [2.75, 3.05) is 45.3 Å². The Kier molecular flexibility index (Phi) is 6.63. The molecule has 0 atom stereocenters. The molecule has 0 saturated carbocycles. The van der Waals surface area contributed by atoms with Gasteiger partial charge in [-0.25, -0.2) is 0 Å². The van der Waals surface area contributed by atoms with Crippen LogP contribution in [0.15, 0.2) is 41.5 Å². The minimum Gasteiger partial charge on any atom is -0.378 e. The van der Waals surface area contributed by atoms with Gasteiger partial charge >= 0.3 is 0 Å². The molecule has 1 N–H and O–H groups in total. The smallest absolute Gasteiger partial charge is 0.194 e. The second kappa shape index (κ2) is 9.15. The molecule has 1 aromatic heterocycles. The summed E-state index contributed by atoms with van der Waals surface area (Å²) in [6.45, 7) is 4.88. The molecule has 1 aliphatic rings. The van der Waals surface area contributed by atoms with Gasteiger partial charge in [0.15, 0.2) is 5.96 Å². The van der Waals surface area contributed by atoms with Crippen LogP contribution in [0.4, 0.5) is 5.69 Å². The Morgan fingerprint density at radius 1 is 1.30 bits per heavy atom. The van der Waals surface area contributed by atoms with E-state index >= 15 is 0 Å².